The van der Waals surface area contributed by atoms with Crippen LogP contribution in [0.1, 0.15) is 21.5 Å². The number of nitrogens with one attached hydrogen (secondary N) is 1. The molecular weight excluding hydrogens is 323 g/mol. The number of hydrogen-bond acceptors (Lipinski definition) is 3. The Morgan fingerprint density at radius 1 is 1.04 bits per heavy atom. The molecule has 0 heterocycles. The minimum absolute atomic E-state index is 0.0843. The van der Waals surface area contributed by atoms with Crippen LogP contribution in [0.4, 0.5) is 18.9 Å². The van der Waals surface area contributed by atoms with Gasteiger partial charge < -0.3 is 14.8 Å². The van der Waals surface area contributed by atoms with Gasteiger partial charge in [0.25, 0.3) is 5.91 Å². The van der Waals surface area contributed by atoms with Crippen molar-refractivity contribution in [1.29, 1.82) is 0 Å². The molecule has 1 amide bonds. The molecule has 4 nitrogen and oxygen atoms in total. The first-order chi connectivity index (χ1) is 11.3. The number of methoxy groups -OCH3 is 2. The molecule has 2 aromatic rings. The van der Waals surface area contributed by atoms with Gasteiger partial charge in [-0.1, -0.05) is 6.07 Å². The summed E-state index contributed by atoms with van der Waals surface area (Å²) in [5, 5.41) is 2.59. The maximum atomic E-state index is 12.7. The van der Waals surface area contributed by atoms with Gasteiger partial charge in [-0.15, -0.1) is 0 Å². The highest BCUT2D eigenvalue weighted by Gasteiger charge is 2.30. The third-order valence-corrected chi connectivity index (χ3v) is 3.43. The summed E-state index contributed by atoms with van der Waals surface area (Å²) in [6, 6.07) is 7.46. The summed E-state index contributed by atoms with van der Waals surface area (Å²) in [6.45, 7) is 1.74. The first-order valence-corrected chi connectivity index (χ1v) is 6.97. The van der Waals surface area contributed by atoms with Gasteiger partial charge in [0, 0.05) is 17.3 Å². The lowest BCUT2D eigenvalue weighted by molar-refractivity contribution is -0.137. The van der Waals surface area contributed by atoms with Crippen LogP contribution in [-0.4, -0.2) is 20.1 Å². The fourth-order valence-corrected chi connectivity index (χ4v) is 2.15. The second-order valence-electron chi connectivity index (χ2n) is 5.05. The van der Waals surface area contributed by atoms with E-state index in [0.29, 0.717) is 22.7 Å². The number of aryl methyl sites for hydroxylation is 1. The van der Waals surface area contributed by atoms with Gasteiger partial charge >= 0.3 is 6.18 Å². The van der Waals surface area contributed by atoms with Gasteiger partial charge in [0.15, 0.2) is 11.5 Å². The molecule has 0 saturated carbocycles. The number of amides is 1. The maximum absolute atomic E-state index is 12.7. The van der Waals surface area contributed by atoms with Crippen LogP contribution >= 0.6 is 0 Å². The van der Waals surface area contributed by atoms with Gasteiger partial charge in [0.2, 0.25) is 0 Å². The van der Waals surface area contributed by atoms with Crippen molar-refractivity contribution in [1.82, 2.24) is 0 Å². The Bertz CT molecular complexity index is 757. The van der Waals surface area contributed by atoms with Crippen LogP contribution in [0.3, 0.4) is 0 Å². The fraction of sp³-hybridized carbons (Fsp3) is 0.235. The second-order valence-corrected chi connectivity index (χ2v) is 5.05. The minimum atomic E-state index is -4.50. The molecule has 0 aromatic heterocycles. The highest BCUT2D eigenvalue weighted by molar-refractivity contribution is 6.05. The van der Waals surface area contributed by atoms with Crippen molar-refractivity contribution >= 4 is 11.6 Å². The van der Waals surface area contributed by atoms with Crippen LogP contribution in [-0.2, 0) is 6.18 Å². The van der Waals surface area contributed by atoms with E-state index in [-0.39, 0.29) is 5.56 Å². The zero-order valence-corrected chi connectivity index (χ0v) is 13.3. The number of halogens is 3. The summed E-state index contributed by atoms with van der Waals surface area (Å²) >= 11 is 0. The standard InChI is InChI=1S/C17H16F3NO3/c1-10-7-14(23-2)15(24-3)9-13(10)21-16(22)11-5-4-6-12(8-11)17(18,19)20/h4-9H,1-3H3,(H,21,22). The summed E-state index contributed by atoms with van der Waals surface area (Å²) in [5.41, 5.74) is 0.154. The Morgan fingerprint density at radius 2 is 1.67 bits per heavy atom. The monoisotopic (exact) mass is 339 g/mol. The van der Waals surface area contributed by atoms with E-state index in [4.69, 9.17) is 9.47 Å². The SMILES string of the molecule is COc1cc(C)c(NC(=O)c2cccc(C(F)(F)F)c2)cc1OC. The highest BCUT2D eigenvalue weighted by Crippen LogP contribution is 2.33. The third kappa shape index (κ3) is 3.79. The van der Waals surface area contributed by atoms with Crippen molar-refractivity contribution < 1.29 is 27.4 Å². The van der Waals surface area contributed by atoms with Crippen molar-refractivity contribution in [2.75, 3.05) is 19.5 Å². The Morgan fingerprint density at radius 3 is 2.25 bits per heavy atom. The summed E-state index contributed by atoms with van der Waals surface area (Å²) in [7, 11) is 2.93. The number of carbonyl (C=O) groups excluding carboxylic acids is 1. The lowest BCUT2D eigenvalue weighted by Gasteiger charge is -2.14. The molecule has 0 aliphatic carbocycles. The predicted octanol–water partition coefficient (Wildman–Crippen LogP) is 4.28. The lowest BCUT2D eigenvalue weighted by Crippen LogP contribution is -2.14. The van der Waals surface area contributed by atoms with E-state index in [0.717, 1.165) is 12.1 Å². The van der Waals surface area contributed by atoms with E-state index < -0.39 is 17.6 Å². The van der Waals surface area contributed by atoms with E-state index in [1.807, 2.05) is 0 Å². The van der Waals surface area contributed by atoms with E-state index >= 15 is 0 Å². The summed E-state index contributed by atoms with van der Waals surface area (Å²) < 4.78 is 48.5. The van der Waals surface area contributed by atoms with E-state index in [9.17, 15) is 18.0 Å². The summed E-state index contributed by atoms with van der Waals surface area (Å²) in [5.74, 6) is 0.255. The Kier molecular flexibility index (Phi) is 5.02. The summed E-state index contributed by atoms with van der Waals surface area (Å²) in [4.78, 5) is 12.2. The van der Waals surface area contributed by atoms with Crippen LogP contribution in [0.2, 0.25) is 0 Å². The number of alkyl halides is 3. The van der Waals surface area contributed by atoms with Gasteiger partial charge in [-0.3, -0.25) is 4.79 Å². The molecule has 0 atom stereocenters. The third-order valence-electron chi connectivity index (χ3n) is 3.43. The normalized spacial score (nSPS) is 11.1. The fourth-order valence-electron chi connectivity index (χ4n) is 2.15. The van der Waals surface area contributed by atoms with Gasteiger partial charge in [-0.2, -0.15) is 13.2 Å². The molecule has 128 valence electrons. The molecule has 0 unspecified atom stereocenters. The van der Waals surface area contributed by atoms with Crippen LogP contribution in [0.15, 0.2) is 36.4 Å². The Labute approximate surface area is 137 Å². The average Bonchev–Trinajstić information content (AvgIpc) is 2.55. The van der Waals surface area contributed by atoms with Crippen LogP contribution < -0.4 is 14.8 Å². The highest BCUT2D eigenvalue weighted by atomic mass is 19.4. The predicted molar refractivity (Wildman–Crippen MR) is 83.7 cm³/mol. The number of anilines is 1. The van der Waals surface area contributed by atoms with E-state index in [2.05, 4.69) is 5.32 Å². The van der Waals surface area contributed by atoms with Crippen molar-refractivity contribution in [3.05, 3.63) is 53.1 Å². The van der Waals surface area contributed by atoms with Crippen molar-refractivity contribution in [3.8, 4) is 11.5 Å². The molecule has 0 saturated heterocycles. The molecular formula is C17H16F3NO3. The number of ether oxygens (including phenoxy) is 2. The molecule has 1 N–H and O–H groups in total. The smallest absolute Gasteiger partial charge is 0.416 e. The van der Waals surface area contributed by atoms with Gasteiger partial charge in [-0.25, -0.2) is 0 Å². The molecule has 24 heavy (non-hydrogen) atoms. The molecule has 0 bridgehead atoms. The zero-order valence-electron chi connectivity index (χ0n) is 13.3. The average molecular weight is 339 g/mol. The topological polar surface area (TPSA) is 47.6 Å². The first-order valence-electron chi connectivity index (χ1n) is 6.97. The number of rotatable bonds is 4. The molecule has 0 radical (unpaired) electrons. The molecule has 0 spiro atoms. The molecule has 2 aromatic carbocycles. The molecule has 0 aliphatic heterocycles. The van der Waals surface area contributed by atoms with Gasteiger partial charge in [-0.05, 0) is 36.8 Å². The molecule has 0 aliphatic rings. The van der Waals surface area contributed by atoms with Gasteiger partial charge in [0.1, 0.15) is 0 Å². The number of benzene rings is 2. The Hall–Kier alpha value is -2.70. The van der Waals surface area contributed by atoms with Crippen LogP contribution in [0.25, 0.3) is 0 Å². The van der Waals surface area contributed by atoms with Crippen molar-refractivity contribution in [2.45, 2.75) is 13.1 Å². The second kappa shape index (κ2) is 6.82. The minimum Gasteiger partial charge on any atom is -0.493 e. The van der Waals surface area contributed by atoms with Crippen LogP contribution in [0, 0.1) is 6.92 Å². The largest absolute Gasteiger partial charge is 0.493 e. The zero-order chi connectivity index (χ0) is 17.9. The maximum Gasteiger partial charge on any atom is 0.416 e. The number of carbonyl (C=O) groups is 1. The first kappa shape index (κ1) is 17.7. The molecule has 7 heteroatoms. The lowest BCUT2D eigenvalue weighted by atomic mass is 10.1. The van der Waals surface area contributed by atoms with Crippen molar-refractivity contribution in [2.24, 2.45) is 0 Å². The summed E-state index contributed by atoms with van der Waals surface area (Å²) in [6.07, 6.45) is -4.50. The molecule has 2 rings (SSSR count). The van der Waals surface area contributed by atoms with E-state index in [1.165, 1.54) is 26.4 Å². The van der Waals surface area contributed by atoms with Crippen molar-refractivity contribution in [3.63, 3.8) is 0 Å². The van der Waals surface area contributed by atoms with E-state index in [1.54, 1.807) is 19.1 Å². The molecule has 0 fully saturated rings. The number of hydrogen-bond donors (Lipinski definition) is 1. The van der Waals surface area contributed by atoms with Gasteiger partial charge in [0.05, 0.1) is 19.8 Å². The Balaban J connectivity index is 2.30. The van der Waals surface area contributed by atoms with Crippen LogP contribution in [0.5, 0.6) is 11.5 Å². The quantitative estimate of drug-likeness (QED) is 0.904.